The van der Waals surface area contributed by atoms with Gasteiger partial charge in [-0.25, -0.2) is 18.4 Å². The Morgan fingerprint density at radius 2 is 1.65 bits per heavy atom. The largest absolute Gasteiger partial charge is 0.416 e. The van der Waals surface area contributed by atoms with Gasteiger partial charge in [-0.05, 0) is 35.4 Å². The van der Waals surface area contributed by atoms with E-state index in [1.54, 1.807) is 35.2 Å². The summed E-state index contributed by atoms with van der Waals surface area (Å²) in [4.78, 5) is 3.83. The summed E-state index contributed by atoms with van der Waals surface area (Å²) < 4.78 is 69.1. The molecule has 0 radical (unpaired) electrons. The first-order valence-electron chi connectivity index (χ1n) is 10.1. The zero-order chi connectivity index (χ0) is 24.3. The van der Waals surface area contributed by atoms with Crippen LogP contribution in [0.15, 0.2) is 73.6 Å². The second kappa shape index (κ2) is 9.22. The van der Waals surface area contributed by atoms with Crippen LogP contribution in [0.3, 0.4) is 0 Å². The van der Waals surface area contributed by atoms with Crippen molar-refractivity contribution in [1.82, 2.24) is 19.3 Å². The summed E-state index contributed by atoms with van der Waals surface area (Å²) in [5.74, 6) is -1.65. The number of aromatic nitrogens is 4. The van der Waals surface area contributed by atoms with Crippen LogP contribution in [0.25, 0.3) is 12.2 Å². The Balaban J connectivity index is 1.55. The molecule has 34 heavy (non-hydrogen) atoms. The van der Waals surface area contributed by atoms with Crippen LogP contribution in [0.4, 0.5) is 22.0 Å². The summed E-state index contributed by atoms with van der Waals surface area (Å²) in [6.07, 6.45) is 4.97. The average Bonchev–Trinajstić information content (AvgIpc) is 3.43. The summed E-state index contributed by atoms with van der Waals surface area (Å²) >= 11 is 0. The maximum Gasteiger partial charge on any atom is 0.416 e. The smallest absolute Gasteiger partial charge is 0.381 e. The van der Waals surface area contributed by atoms with E-state index in [2.05, 4.69) is 10.1 Å². The zero-order valence-electron chi connectivity index (χ0n) is 17.6. The van der Waals surface area contributed by atoms with E-state index in [9.17, 15) is 27.1 Å². The first-order valence-corrected chi connectivity index (χ1v) is 10.1. The molecule has 10 heteroatoms. The maximum absolute atomic E-state index is 14.6. The highest BCUT2D eigenvalue weighted by molar-refractivity contribution is 5.69. The molecule has 0 aliphatic heterocycles. The lowest BCUT2D eigenvalue weighted by atomic mass is 9.92. The van der Waals surface area contributed by atoms with Crippen LogP contribution in [0.2, 0.25) is 0 Å². The van der Waals surface area contributed by atoms with Crippen LogP contribution < -0.4 is 0 Å². The molecule has 4 rings (SSSR count). The van der Waals surface area contributed by atoms with Crippen LogP contribution in [0, 0.1) is 11.6 Å². The summed E-state index contributed by atoms with van der Waals surface area (Å²) in [6.45, 7) is -0.214. The third-order valence-corrected chi connectivity index (χ3v) is 5.25. The van der Waals surface area contributed by atoms with Crippen molar-refractivity contribution in [1.29, 1.82) is 0 Å². The Bertz CT molecular complexity index is 1280. The van der Waals surface area contributed by atoms with E-state index < -0.39 is 29.0 Å². The summed E-state index contributed by atoms with van der Waals surface area (Å²) in [6, 6.07) is 9.44. The number of nitrogens with zero attached hydrogens (tertiary/aromatic N) is 4. The average molecular weight is 474 g/mol. The van der Waals surface area contributed by atoms with Crippen LogP contribution in [-0.2, 0) is 24.9 Å². The first-order chi connectivity index (χ1) is 16.1. The summed E-state index contributed by atoms with van der Waals surface area (Å²) in [5, 5.41) is 15.4. The van der Waals surface area contributed by atoms with Gasteiger partial charge in [0.25, 0.3) is 0 Å². The number of hydrogen-bond acceptors (Lipinski definition) is 3. The van der Waals surface area contributed by atoms with E-state index in [4.69, 9.17) is 0 Å². The predicted molar refractivity (Wildman–Crippen MR) is 115 cm³/mol. The van der Waals surface area contributed by atoms with Crippen LogP contribution in [0.5, 0.6) is 0 Å². The van der Waals surface area contributed by atoms with Crippen molar-refractivity contribution >= 4 is 12.2 Å². The fraction of sp³-hybridized carbons (Fsp3) is 0.167. The first kappa shape index (κ1) is 23.4. The molecule has 2 heterocycles. The Labute approximate surface area is 191 Å². The van der Waals surface area contributed by atoms with Crippen LogP contribution in [0.1, 0.15) is 22.3 Å². The minimum atomic E-state index is -4.40. The highest BCUT2D eigenvalue weighted by Gasteiger charge is 2.34. The van der Waals surface area contributed by atoms with Gasteiger partial charge < -0.3 is 9.67 Å². The Morgan fingerprint density at radius 1 is 0.912 bits per heavy atom. The van der Waals surface area contributed by atoms with Gasteiger partial charge in [0.2, 0.25) is 0 Å². The van der Waals surface area contributed by atoms with E-state index >= 15 is 0 Å². The molecule has 1 unspecified atom stereocenters. The quantitative estimate of drug-likeness (QED) is 0.378. The highest BCUT2D eigenvalue weighted by Crippen LogP contribution is 2.30. The second-order valence-corrected chi connectivity index (χ2v) is 7.82. The molecule has 4 aromatic rings. The van der Waals surface area contributed by atoms with Crippen molar-refractivity contribution < 1.29 is 27.1 Å². The fourth-order valence-electron chi connectivity index (χ4n) is 3.60. The molecule has 0 fully saturated rings. The number of halogens is 5. The molecule has 0 bridgehead atoms. The molecule has 2 aromatic heterocycles. The van der Waals surface area contributed by atoms with E-state index in [-0.39, 0.29) is 18.7 Å². The van der Waals surface area contributed by atoms with Crippen molar-refractivity contribution in [2.75, 3.05) is 0 Å². The van der Waals surface area contributed by atoms with E-state index in [0.717, 1.165) is 18.2 Å². The van der Waals surface area contributed by atoms with Gasteiger partial charge in [-0.2, -0.15) is 18.3 Å². The van der Waals surface area contributed by atoms with Gasteiger partial charge in [-0.3, -0.25) is 0 Å². The monoisotopic (exact) mass is 474 g/mol. The standard InChI is InChI=1S/C24H19F5N4O/c25-20-7-8-21(22(26)11-20)23(34,14-33-16-30-15-31-33)13-32-10-9-18(12-32)2-1-17-3-5-19(6-4-17)24(27,28)29/h1-12,15-16,34H,13-14H2/b2-1+. The third kappa shape index (κ3) is 5.40. The molecule has 0 amide bonds. The minimum Gasteiger partial charge on any atom is -0.381 e. The molecule has 0 saturated heterocycles. The Hall–Kier alpha value is -3.79. The second-order valence-electron chi connectivity index (χ2n) is 7.82. The fourth-order valence-corrected chi connectivity index (χ4v) is 3.60. The molecule has 0 aliphatic carbocycles. The van der Waals surface area contributed by atoms with Gasteiger partial charge in [0, 0.05) is 24.0 Å². The normalized spacial score (nSPS) is 13.9. The molecular formula is C24H19F5N4O. The lowest BCUT2D eigenvalue weighted by Gasteiger charge is -2.29. The van der Waals surface area contributed by atoms with Crippen molar-refractivity contribution in [2.45, 2.75) is 24.9 Å². The molecular weight excluding hydrogens is 455 g/mol. The molecule has 5 nitrogen and oxygen atoms in total. The molecule has 1 atom stereocenters. The minimum absolute atomic E-state index is 0.0798. The van der Waals surface area contributed by atoms with Crippen molar-refractivity contribution in [3.8, 4) is 0 Å². The van der Waals surface area contributed by atoms with Gasteiger partial charge in [-0.1, -0.05) is 30.4 Å². The zero-order valence-corrected chi connectivity index (χ0v) is 17.6. The SMILES string of the molecule is OC(Cn1ccc(/C=C/c2ccc(C(F)(F)F)cc2)c1)(Cn1cncn1)c1ccc(F)cc1F. The topological polar surface area (TPSA) is 55.9 Å². The van der Waals surface area contributed by atoms with Crippen molar-refractivity contribution in [3.05, 3.63) is 107 Å². The number of benzene rings is 2. The van der Waals surface area contributed by atoms with Crippen molar-refractivity contribution in [2.24, 2.45) is 0 Å². The van der Waals surface area contributed by atoms with Gasteiger partial charge in [0.1, 0.15) is 29.9 Å². The lowest BCUT2D eigenvalue weighted by Crippen LogP contribution is -2.37. The molecule has 1 N–H and O–H groups in total. The summed E-state index contributed by atoms with van der Waals surface area (Å²) in [5.41, 5.74) is -1.31. The van der Waals surface area contributed by atoms with Crippen LogP contribution in [-0.4, -0.2) is 24.4 Å². The maximum atomic E-state index is 14.6. The van der Waals surface area contributed by atoms with Crippen molar-refractivity contribution in [3.63, 3.8) is 0 Å². The molecule has 0 aliphatic rings. The molecule has 2 aromatic carbocycles. The molecule has 0 spiro atoms. The lowest BCUT2D eigenvalue weighted by molar-refractivity contribution is -0.137. The van der Waals surface area contributed by atoms with E-state index in [0.29, 0.717) is 17.2 Å². The predicted octanol–water partition coefficient (Wildman–Crippen LogP) is 5.14. The van der Waals surface area contributed by atoms with Gasteiger partial charge >= 0.3 is 6.18 Å². The number of hydrogen-bond donors (Lipinski definition) is 1. The number of alkyl halides is 3. The Kier molecular flexibility index (Phi) is 6.34. The number of rotatable bonds is 7. The van der Waals surface area contributed by atoms with Gasteiger partial charge in [0.15, 0.2) is 0 Å². The van der Waals surface area contributed by atoms with Crippen LogP contribution >= 0.6 is 0 Å². The summed E-state index contributed by atoms with van der Waals surface area (Å²) in [7, 11) is 0. The third-order valence-electron chi connectivity index (χ3n) is 5.25. The Morgan fingerprint density at radius 3 is 2.29 bits per heavy atom. The van der Waals surface area contributed by atoms with E-state index in [1.807, 2.05) is 0 Å². The molecule has 176 valence electrons. The highest BCUT2D eigenvalue weighted by atomic mass is 19.4. The van der Waals surface area contributed by atoms with E-state index in [1.165, 1.54) is 35.5 Å². The van der Waals surface area contributed by atoms with Gasteiger partial charge in [-0.15, -0.1) is 0 Å². The molecule has 0 saturated carbocycles. The van der Waals surface area contributed by atoms with Gasteiger partial charge in [0.05, 0.1) is 18.7 Å². The number of aliphatic hydroxyl groups is 1.